The first-order chi connectivity index (χ1) is 30.3. The lowest BCUT2D eigenvalue weighted by Crippen LogP contribution is -2.53. The SMILES string of the molecule is CN1CCC2(CCC3=C2C(c2ccc(-c4cnc([C@@H]5CCCN5C(=O)[C@@H](N)c5ccccc5)[nH]4)cc2)=CCC3C2=CNC([C@@H]3CCCN3C(=O)[C@@H](NO)c3ccccc3)N2)CC1. The van der Waals surface area contributed by atoms with Crippen LogP contribution < -0.4 is 21.8 Å². The number of nitrogens with one attached hydrogen (secondary N) is 4. The van der Waals surface area contributed by atoms with E-state index in [4.69, 9.17) is 10.7 Å². The molecule has 0 bridgehead atoms. The highest BCUT2D eigenvalue weighted by Crippen LogP contribution is 2.59. The summed E-state index contributed by atoms with van der Waals surface area (Å²) in [6, 6.07) is 26.3. The summed E-state index contributed by atoms with van der Waals surface area (Å²) >= 11 is 0. The molecule has 0 saturated carbocycles. The molecule has 2 amide bonds. The van der Waals surface area contributed by atoms with Crippen LogP contribution >= 0.6 is 0 Å². The van der Waals surface area contributed by atoms with E-state index in [1.165, 1.54) is 23.3 Å². The predicted molar refractivity (Wildman–Crippen MR) is 240 cm³/mol. The predicted octanol–water partition coefficient (Wildman–Crippen LogP) is 6.72. The number of carbonyl (C=O) groups excluding carboxylic acids is 2. The fourth-order valence-corrected chi connectivity index (χ4v) is 11.5. The van der Waals surface area contributed by atoms with Crippen LogP contribution in [0.15, 0.2) is 120 Å². The number of hydrogen-bond acceptors (Lipinski definition) is 9. The molecule has 0 radical (unpaired) electrons. The molecule has 4 aromatic rings. The van der Waals surface area contributed by atoms with E-state index < -0.39 is 12.1 Å². The molecule has 1 aromatic heterocycles. The van der Waals surface area contributed by atoms with Crippen molar-refractivity contribution >= 4 is 17.4 Å². The number of fused-ring (bicyclic) bond motifs is 1. The van der Waals surface area contributed by atoms with E-state index in [2.05, 4.69) is 69.6 Å². The number of rotatable bonds is 10. The Labute approximate surface area is 364 Å². The Kier molecular flexibility index (Phi) is 11.1. The average molecular weight is 834 g/mol. The minimum atomic E-state index is -0.805. The molecule has 62 heavy (non-hydrogen) atoms. The van der Waals surface area contributed by atoms with Gasteiger partial charge < -0.3 is 41.3 Å². The number of carbonyl (C=O) groups is 2. The quantitative estimate of drug-likeness (QED) is 0.0957. The molecule has 4 aliphatic heterocycles. The van der Waals surface area contributed by atoms with Crippen LogP contribution in [0.2, 0.25) is 0 Å². The fraction of sp³-hybridized carbons (Fsp3) is 0.420. The van der Waals surface area contributed by atoms with Crippen LogP contribution in [0.3, 0.4) is 0 Å². The van der Waals surface area contributed by atoms with Gasteiger partial charge in [-0.25, -0.2) is 4.98 Å². The van der Waals surface area contributed by atoms with Gasteiger partial charge in [0, 0.05) is 30.9 Å². The number of allylic oxidation sites excluding steroid dienone is 4. The van der Waals surface area contributed by atoms with Crippen LogP contribution in [-0.4, -0.2) is 87.1 Å². The number of nitrogens with two attached hydrogens (primary N) is 1. The molecule has 5 heterocycles. The second kappa shape index (κ2) is 17.0. The number of piperidine rings is 1. The van der Waals surface area contributed by atoms with Gasteiger partial charge in [0.2, 0.25) is 11.8 Å². The number of aromatic nitrogens is 2. The van der Waals surface area contributed by atoms with Crippen molar-refractivity contribution in [3.63, 3.8) is 0 Å². The first-order valence-electron chi connectivity index (χ1n) is 22.7. The van der Waals surface area contributed by atoms with Crippen molar-refractivity contribution in [1.82, 2.24) is 40.8 Å². The number of hydroxylamine groups is 1. The van der Waals surface area contributed by atoms with Crippen molar-refractivity contribution in [3.8, 4) is 11.3 Å². The van der Waals surface area contributed by atoms with E-state index in [-0.39, 0.29) is 41.4 Å². The summed E-state index contributed by atoms with van der Waals surface area (Å²) in [5.41, 5.74) is 19.4. The Balaban J connectivity index is 0.866. The highest BCUT2D eigenvalue weighted by Gasteiger charge is 2.48. The average Bonchev–Trinajstić information content (AvgIpc) is 4.18. The second-order valence-corrected chi connectivity index (χ2v) is 18.3. The Bertz CT molecular complexity index is 2370. The van der Waals surface area contributed by atoms with E-state index in [0.29, 0.717) is 13.1 Å². The largest absolute Gasteiger partial charge is 0.368 e. The Morgan fingerprint density at radius 2 is 1.55 bits per heavy atom. The Morgan fingerprint density at radius 3 is 2.29 bits per heavy atom. The van der Waals surface area contributed by atoms with Crippen LogP contribution in [0, 0.1) is 11.3 Å². The smallest absolute Gasteiger partial charge is 0.246 e. The monoisotopic (exact) mass is 833 g/mol. The van der Waals surface area contributed by atoms with E-state index in [9.17, 15) is 14.8 Å². The number of imidazole rings is 1. The number of likely N-dealkylation sites (tertiary alicyclic amines) is 3. The van der Waals surface area contributed by atoms with E-state index in [1.54, 1.807) is 11.1 Å². The van der Waals surface area contributed by atoms with Crippen molar-refractivity contribution in [3.05, 3.63) is 143 Å². The van der Waals surface area contributed by atoms with Crippen molar-refractivity contribution in [2.24, 2.45) is 17.1 Å². The van der Waals surface area contributed by atoms with Crippen LogP contribution in [0.25, 0.3) is 16.8 Å². The summed E-state index contributed by atoms with van der Waals surface area (Å²) < 4.78 is 0. The van der Waals surface area contributed by atoms with Crippen molar-refractivity contribution in [2.45, 2.75) is 88.1 Å². The number of benzene rings is 3. The number of aromatic amines is 1. The van der Waals surface area contributed by atoms with Gasteiger partial charge in [-0.1, -0.05) is 96.6 Å². The number of hydrogen-bond donors (Lipinski definition) is 6. The zero-order valence-corrected chi connectivity index (χ0v) is 35.6. The summed E-state index contributed by atoms with van der Waals surface area (Å²) in [6.07, 6.45) is 15.5. The maximum Gasteiger partial charge on any atom is 0.246 e. The molecule has 3 saturated heterocycles. The lowest BCUT2D eigenvalue weighted by Gasteiger charge is -2.42. The summed E-state index contributed by atoms with van der Waals surface area (Å²) in [4.78, 5) is 42.2. The maximum absolute atomic E-state index is 13.9. The number of H-pyrrole nitrogens is 1. The molecule has 3 fully saturated rings. The molecule has 322 valence electrons. The molecular weight excluding hydrogens is 775 g/mol. The third-order valence-corrected chi connectivity index (χ3v) is 14.9. The van der Waals surface area contributed by atoms with E-state index >= 15 is 0 Å². The van der Waals surface area contributed by atoms with E-state index in [0.717, 1.165) is 92.7 Å². The second-order valence-electron chi connectivity index (χ2n) is 18.3. The van der Waals surface area contributed by atoms with Gasteiger partial charge in [-0.05, 0) is 117 Å². The van der Waals surface area contributed by atoms with Gasteiger partial charge in [0.1, 0.15) is 24.1 Å². The van der Waals surface area contributed by atoms with Crippen molar-refractivity contribution in [2.75, 3.05) is 33.2 Å². The van der Waals surface area contributed by atoms with Gasteiger partial charge in [0.25, 0.3) is 0 Å². The maximum atomic E-state index is 13.9. The zero-order valence-electron chi connectivity index (χ0n) is 35.6. The molecule has 1 spiro atoms. The molecule has 6 atom stereocenters. The Morgan fingerprint density at radius 1 is 0.855 bits per heavy atom. The minimum Gasteiger partial charge on any atom is -0.368 e. The van der Waals surface area contributed by atoms with Gasteiger partial charge in [-0.15, -0.1) is 0 Å². The van der Waals surface area contributed by atoms with Crippen LogP contribution in [0.1, 0.15) is 98.4 Å². The Hall–Kier alpha value is -5.53. The standard InChI is InChI=1S/C50H59N9O3/c1-57-28-24-50(25-29-57)23-22-38-37(40-31-53-47(55-40)42-15-9-27-59(42)49(61)45(56-62)35-12-6-3-7-13-35)21-20-36(43(38)50)32-16-18-33(19-17-32)39-30-52-46(54-39)41-14-8-26-58(41)48(60)44(51)34-10-4-2-5-11-34/h2-7,10-13,16-20,30-31,37,41-42,44-45,47,53,55-56,62H,8-9,14-15,21-29,51H2,1H3,(H,52,54)/t37?,41-,42-,44-,45-,47?/m0/s1. The molecule has 7 N–H and O–H groups in total. The molecule has 12 nitrogen and oxygen atoms in total. The molecule has 2 aliphatic carbocycles. The highest BCUT2D eigenvalue weighted by molar-refractivity contribution is 5.86. The molecule has 2 unspecified atom stereocenters. The summed E-state index contributed by atoms with van der Waals surface area (Å²) in [6.45, 7) is 3.53. The number of amides is 2. The first-order valence-corrected chi connectivity index (χ1v) is 22.7. The normalized spacial score (nSPS) is 25.6. The molecule has 12 heteroatoms. The highest BCUT2D eigenvalue weighted by atomic mass is 16.5. The minimum absolute atomic E-state index is 0.0373. The van der Waals surface area contributed by atoms with Crippen molar-refractivity contribution in [1.29, 1.82) is 0 Å². The van der Waals surface area contributed by atoms with Crippen molar-refractivity contribution < 1.29 is 14.8 Å². The van der Waals surface area contributed by atoms with Gasteiger partial charge in [-0.3, -0.25) is 9.59 Å². The summed E-state index contributed by atoms with van der Waals surface area (Å²) in [7, 11) is 2.24. The fourth-order valence-electron chi connectivity index (χ4n) is 11.5. The summed E-state index contributed by atoms with van der Waals surface area (Å²) in [5, 5.41) is 17.6. The number of nitrogens with zero attached hydrogens (tertiary/aromatic N) is 4. The molecular formula is C50H59N9O3. The van der Waals surface area contributed by atoms with Crippen LogP contribution in [0.5, 0.6) is 0 Å². The van der Waals surface area contributed by atoms with Crippen LogP contribution in [0.4, 0.5) is 0 Å². The van der Waals surface area contributed by atoms with Gasteiger partial charge in [0.05, 0.1) is 24.0 Å². The van der Waals surface area contributed by atoms with Crippen LogP contribution in [-0.2, 0) is 9.59 Å². The first kappa shape index (κ1) is 40.5. The molecule has 3 aromatic carbocycles. The lowest BCUT2D eigenvalue weighted by atomic mass is 9.67. The van der Waals surface area contributed by atoms with E-state index in [1.807, 2.05) is 76.7 Å². The van der Waals surface area contributed by atoms with Gasteiger partial charge in [-0.2, -0.15) is 5.48 Å². The topological polar surface area (TPSA) is 155 Å². The molecule has 10 rings (SSSR count). The zero-order chi connectivity index (χ0) is 42.4. The van der Waals surface area contributed by atoms with Gasteiger partial charge in [0.15, 0.2) is 0 Å². The lowest BCUT2D eigenvalue weighted by molar-refractivity contribution is -0.138. The van der Waals surface area contributed by atoms with Gasteiger partial charge >= 0.3 is 0 Å². The third-order valence-electron chi connectivity index (χ3n) is 14.9. The third kappa shape index (κ3) is 7.36. The molecule has 6 aliphatic rings. The summed E-state index contributed by atoms with van der Waals surface area (Å²) in [5.74, 6) is 0.880.